The maximum Gasteiger partial charge on any atom is 0.253 e. The van der Waals surface area contributed by atoms with Gasteiger partial charge in [0, 0.05) is 67.0 Å². The fraction of sp³-hybridized carbons (Fsp3) is 0.133. The first kappa shape index (κ1) is 15.3. The van der Waals surface area contributed by atoms with E-state index in [1.54, 1.807) is 27.7 Å². The van der Waals surface area contributed by atoms with Gasteiger partial charge in [-0.1, -0.05) is 6.07 Å². The highest BCUT2D eigenvalue weighted by Gasteiger charge is 2.12. The van der Waals surface area contributed by atoms with Crippen LogP contribution in [0.3, 0.4) is 0 Å². The SMILES string of the molecule is Cc1cn(SI)c2ncc(C(=O)NCc3cccnc3)cc12. The molecule has 3 rings (SSSR count). The number of rotatable bonds is 4. The third-order valence-corrected chi connectivity index (χ3v) is 5.02. The number of hydrogen-bond donors (Lipinski definition) is 1. The van der Waals surface area contributed by atoms with E-state index in [0.29, 0.717) is 12.1 Å². The van der Waals surface area contributed by atoms with Crippen LogP contribution in [0.25, 0.3) is 11.0 Å². The van der Waals surface area contributed by atoms with Crippen molar-refractivity contribution < 1.29 is 4.79 Å². The quantitative estimate of drug-likeness (QED) is 0.652. The van der Waals surface area contributed by atoms with Crippen LogP contribution in [0.2, 0.25) is 0 Å². The molecule has 0 aliphatic carbocycles. The van der Waals surface area contributed by atoms with Gasteiger partial charge in [0.05, 0.1) is 5.56 Å². The Balaban J connectivity index is 1.81. The van der Waals surface area contributed by atoms with Gasteiger partial charge in [-0.2, -0.15) is 0 Å². The Bertz CT molecular complexity index is 819. The summed E-state index contributed by atoms with van der Waals surface area (Å²) in [5.74, 6) is -0.132. The fourth-order valence-electron chi connectivity index (χ4n) is 2.19. The highest BCUT2D eigenvalue weighted by molar-refractivity contribution is 14.2. The van der Waals surface area contributed by atoms with Crippen molar-refractivity contribution in [3.05, 3.63) is 59.7 Å². The summed E-state index contributed by atoms with van der Waals surface area (Å²) in [5.41, 5.74) is 3.51. The van der Waals surface area contributed by atoms with E-state index < -0.39 is 0 Å². The molecule has 0 spiro atoms. The average Bonchev–Trinajstić information content (AvgIpc) is 2.89. The van der Waals surface area contributed by atoms with Crippen molar-refractivity contribution in [3.8, 4) is 0 Å². The summed E-state index contributed by atoms with van der Waals surface area (Å²) < 4.78 is 1.99. The van der Waals surface area contributed by atoms with Crippen LogP contribution in [0.1, 0.15) is 21.5 Å². The Morgan fingerprint density at radius 2 is 2.32 bits per heavy atom. The van der Waals surface area contributed by atoms with Crippen LogP contribution in [-0.4, -0.2) is 19.8 Å². The second-order valence-corrected chi connectivity index (χ2v) is 6.56. The molecule has 0 aromatic carbocycles. The van der Waals surface area contributed by atoms with Crippen LogP contribution >= 0.6 is 30.3 Å². The van der Waals surface area contributed by atoms with Gasteiger partial charge in [-0.15, -0.1) is 0 Å². The van der Waals surface area contributed by atoms with E-state index in [1.165, 1.54) is 0 Å². The predicted molar refractivity (Wildman–Crippen MR) is 96.9 cm³/mol. The zero-order valence-corrected chi connectivity index (χ0v) is 14.8. The lowest BCUT2D eigenvalue weighted by molar-refractivity contribution is 0.0950. The highest BCUT2D eigenvalue weighted by atomic mass is 127. The number of hydrogen-bond acceptors (Lipinski definition) is 4. The molecule has 0 radical (unpaired) electrons. The van der Waals surface area contributed by atoms with E-state index in [4.69, 9.17) is 0 Å². The Hall–Kier alpha value is -1.61. The first-order valence-electron chi connectivity index (χ1n) is 6.63. The molecule has 7 heteroatoms. The molecule has 3 heterocycles. The molecule has 0 aliphatic rings. The van der Waals surface area contributed by atoms with Gasteiger partial charge in [0.15, 0.2) is 5.65 Å². The molecule has 22 heavy (non-hydrogen) atoms. The van der Waals surface area contributed by atoms with E-state index in [-0.39, 0.29) is 5.91 Å². The second kappa shape index (κ2) is 6.66. The van der Waals surface area contributed by atoms with Crippen LogP contribution in [0.5, 0.6) is 0 Å². The van der Waals surface area contributed by atoms with Crippen LogP contribution in [0.15, 0.2) is 43.0 Å². The number of pyridine rings is 2. The van der Waals surface area contributed by atoms with Crippen molar-refractivity contribution in [2.45, 2.75) is 13.5 Å². The number of fused-ring (bicyclic) bond motifs is 1. The molecule has 3 aromatic rings. The smallest absolute Gasteiger partial charge is 0.253 e. The van der Waals surface area contributed by atoms with Gasteiger partial charge in [0.25, 0.3) is 5.91 Å². The molecule has 0 fully saturated rings. The molecule has 5 nitrogen and oxygen atoms in total. The van der Waals surface area contributed by atoms with Gasteiger partial charge in [-0.05, 0) is 30.2 Å². The largest absolute Gasteiger partial charge is 0.348 e. The Kier molecular flexibility index (Phi) is 4.63. The molecule has 0 bridgehead atoms. The van der Waals surface area contributed by atoms with Crippen molar-refractivity contribution in [1.29, 1.82) is 0 Å². The summed E-state index contributed by atoms with van der Waals surface area (Å²) in [7, 11) is 1.56. The standard InChI is InChI=1S/C15H13IN4OS/c1-10-9-20(22-16)14-13(10)5-12(8-18-14)15(21)19-7-11-3-2-4-17-6-11/h2-6,8-9H,7H2,1H3,(H,19,21). The monoisotopic (exact) mass is 424 g/mol. The van der Waals surface area contributed by atoms with E-state index in [9.17, 15) is 4.79 Å². The van der Waals surface area contributed by atoms with Crippen molar-refractivity contribution in [2.24, 2.45) is 0 Å². The number of carbonyl (C=O) groups excluding carboxylic acids is 1. The molecule has 0 saturated heterocycles. The van der Waals surface area contributed by atoms with Crippen LogP contribution in [0.4, 0.5) is 0 Å². The van der Waals surface area contributed by atoms with Crippen molar-refractivity contribution in [3.63, 3.8) is 0 Å². The number of nitrogens with one attached hydrogen (secondary N) is 1. The molecule has 112 valence electrons. The second-order valence-electron chi connectivity index (χ2n) is 4.85. The maximum atomic E-state index is 12.3. The lowest BCUT2D eigenvalue weighted by atomic mass is 10.2. The van der Waals surface area contributed by atoms with Gasteiger partial charge < -0.3 is 5.32 Å². The molecule has 0 unspecified atom stereocenters. The van der Waals surface area contributed by atoms with Crippen molar-refractivity contribution in [1.82, 2.24) is 19.3 Å². The number of carbonyl (C=O) groups is 1. The lowest BCUT2D eigenvalue weighted by Crippen LogP contribution is -2.23. The molecular formula is C15H13IN4OS. The van der Waals surface area contributed by atoms with E-state index in [1.807, 2.05) is 35.3 Å². The topological polar surface area (TPSA) is 59.8 Å². The normalized spacial score (nSPS) is 10.8. The number of amides is 1. The first-order chi connectivity index (χ1) is 10.7. The maximum absolute atomic E-state index is 12.3. The molecule has 0 aliphatic heterocycles. The minimum Gasteiger partial charge on any atom is -0.348 e. The van der Waals surface area contributed by atoms with E-state index >= 15 is 0 Å². The van der Waals surface area contributed by atoms with Gasteiger partial charge in [0.2, 0.25) is 0 Å². The molecule has 0 saturated carbocycles. The number of nitrogens with zero attached hydrogens (tertiary/aromatic N) is 3. The molecule has 3 aromatic heterocycles. The molecular weight excluding hydrogens is 411 g/mol. The van der Waals surface area contributed by atoms with Crippen LogP contribution in [-0.2, 0) is 6.54 Å². The third kappa shape index (κ3) is 3.09. The summed E-state index contributed by atoms with van der Waals surface area (Å²) in [6.07, 6.45) is 7.08. The Labute approximate surface area is 144 Å². The summed E-state index contributed by atoms with van der Waals surface area (Å²) in [5, 5.41) is 3.89. The zero-order valence-electron chi connectivity index (χ0n) is 11.8. The predicted octanol–water partition coefficient (Wildman–Crippen LogP) is 3.52. The van der Waals surface area contributed by atoms with Crippen LogP contribution in [0, 0.1) is 6.92 Å². The van der Waals surface area contributed by atoms with Crippen molar-refractivity contribution in [2.75, 3.05) is 0 Å². The number of halogens is 1. The van der Waals surface area contributed by atoms with Crippen LogP contribution < -0.4 is 5.32 Å². The van der Waals surface area contributed by atoms with E-state index in [0.717, 1.165) is 22.2 Å². The van der Waals surface area contributed by atoms with Gasteiger partial charge in [-0.3, -0.25) is 13.8 Å². The highest BCUT2D eigenvalue weighted by Crippen LogP contribution is 2.27. The first-order valence-corrected chi connectivity index (χ1v) is 9.94. The van der Waals surface area contributed by atoms with Gasteiger partial charge >= 0.3 is 0 Å². The van der Waals surface area contributed by atoms with Crippen molar-refractivity contribution >= 4 is 47.3 Å². The average molecular weight is 424 g/mol. The summed E-state index contributed by atoms with van der Waals surface area (Å²) in [6.45, 7) is 2.47. The van der Waals surface area contributed by atoms with Gasteiger partial charge in [-0.25, -0.2) is 4.98 Å². The lowest BCUT2D eigenvalue weighted by Gasteiger charge is -2.05. The molecule has 0 atom stereocenters. The fourth-order valence-corrected chi connectivity index (χ4v) is 3.50. The Morgan fingerprint density at radius 3 is 3.05 bits per heavy atom. The van der Waals surface area contributed by atoms with E-state index in [2.05, 4.69) is 36.5 Å². The molecule has 1 N–H and O–H groups in total. The zero-order chi connectivity index (χ0) is 15.5. The summed E-state index contributed by atoms with van der Waals surface area (Å²) in [4.78, 5) is 20.7. The number of aromatic nitrogens is 3. The summed E-state index contributed by atoms with van der Waals surface area (Å²) in [6, 6.07) is 5.67. The Morgan fingerprint density at radius 1 is 1.45 bits per heavy atom. The molecule has 1 amide bonds. The summed E-state index contributed by atoms with van der Waals surface area (Å²) >= 11 is 2.21. The number of aryl methyl sites for hydroxylation is 1. The third-order valence-electron chi connectivity index (χ3n) is 3.32. The van der Waals surface area contributed by atoms with Gasteiger partial charge in [0.1, 0.15) is 0 Å². The minimum atomic E-state index is -0.132. The minimum absolute atomic E-state index is 0.132.